The molecule has 21 heavy (non-hydrogen) atoms. The molecular formula is C15H21Cl2N3O. The summed E-state index contributed by atoms with van der Waals surface area (Å²) in [6, 6.07) is 5.82. The highest BCUT2D eigenvalue weighted by atomic mass is 35.5. The van der Waals surface area contributed by atoms with Crippen molar-refractivity contribution in [2.75, 3.05) is 39.7 Å². The first kappa shape index (κ1) is 16.6. The van der Waals surface area contributed by atoms with Gasteiger partial charge in [0.15, 0.2) is 0 Å². The third kappa shape index (κ3) is 4.10. The van der Waals surface area contributed by atoms with Crippen LogP contribution in [0.1, 0.15) is 5.82 Å². The molecular weight excluding hydrogens is 309 g/mol. The number of aryl methyl sites for hydroxylation is 1. The monoisotopic (exact) mass is 329 g/mol. The number of para-hydroxylation sites is 1. The second-order valence-electron chi connectivity index (χ2n) is 5.02. The SMILES string of the molecule is COCCN(C)CCn1c(CCCl)nc2cccc(Cl)c21. The van der Waals surface area contributed by atoms with Gasteiger partial charge < -0.3 is 14.2 Å². The number of rotatable bonds is 8. The van der Waals surface area contributed by atoms with Gasteiger partial charge in [0.2, 0.25) is 0 Å². The van der Waals surface area contributed by atoms with Crippen LogP contribution in [0, 0.1) is 0 Å². The number of fused-ring (bicyclic) bond motifs is 1. The van der Waals surface area contributed by atoms with Crippen LogP contribution in [0.3, 0.4) is 0 Å². The minimum absolute atomic E-state index is 0.556. The van der Waals surface area contributed by atoms with Gasteiger partial charge in [-0.25, -0.2) is 4.98 Å². The summed E-state index contributed by atoms with van der Waals surface area (Å²) in [5.74, 6) is 1.55. The number of halogens is 2. The van der Waals surface area contributed by atoms with E-state index in [0.717, 1.165) is 54.5 Å². The molecule has 0 saturated heterocycles. The normalized spacial score (nSPS) is 11.7. The molecule has 0 atom stereocenters. The number of alkyl halides is 1. The summed E-state index contributed by atoms with van der Waals surface area (Å²) in [6.07, 6.45) is 0.744. The van der Waals surface area contributed by atoms with Gasteiger partial charge >= 0.3 is 0 Å². The van der Waals surface area contributed by atoms with E-state index in [9.17, 15) is 0 Å². The predicted octanol–water partition coefficient (Wildman–Crippen LogP) is 3.05. The standard InChI is InChI=1S/C15H21Cl2N3O/c1-19(10-11-21-2)8-9-20-14(6-7-16)18-13-5-3-4-12(17)15(13)20/h3-5H,6-11H2,1-2H3. The number of hydrogen-bond acceptors (Lipinski definition) is 3. The number of methoxy groups -OCH3 is 1. The first-order chi connectivity index (χ1) is 10.2. The highest BCUT2D eigenvalue weighted by Crippen LogP contribution is 2.25. The van der Waals surface area contributed by atoms with Gasteiger partial charge in [-0.1, -0.05) is 17.7 Å². The first-order valence-electron chi connectivity index (χ1n) is 7.04. The van der Waals surface area contributed by atoms with Gasteiger partial charge in [-0.3, -0.25) is 0 Å². The number of aromatic nitrogens is 2. The van der Waals surface area contributed by atoms with Crippen LogP contribution in [-0.2, 0) is 17.7 Å². The van der Waals surface area contributed by atoms with Crippen molar-refractivity contribution in [2.24, 2.45) is 0 Å². The maximum Gasteiger partial charge on any atom is 0.111 e. The number of benzene rings is 1. The van der Waals surface area contributed by atoms with Gasteiger partial charge in [0.05, 0.1) is 22.7 Å². The fraction of sp³-hybridized carbons (Fsp3) is 0.533. The molecule has 0 N–H and O–H groups in total. The Bertz CT molecular complexity index is 586. The summed E-state index contributed by atoms with van der Waals surface area (Å²) < 4.78 is 7.29. The lowest BCUT2D eigenvalue weighted by atomic mass is 10.3. The molecule has 0 amide bonds. The topological polar surface area (TPSA) is 30.3 Å². The molecule has 0 bridgehead atoms. The van der Waals surface area contributed by atoms with Crippen molar-refractivity contribution >= 4 is 34.2 Å². The van der Waals surface area contributed by atoms with Gasteiger partial charge in [-0.15, -0.1) is 11.6 Å². The summed E-state index contributed by atoms with van der Waals surface area (Å²) in [4.78, 5) is 6.89. The minimum atomic E-state index is 0.556. The van der Waals surface area contributed by atoms with Crippen molar-refractivity contribution < 1.29 is 4.74 Å². The van der Waals surface area contributed by atoms with Crippen molar-refractivity contribution in [1.82, 2.24) is 14.5 Å². The highest BCUT2D eigenvalue weighted by molar-refractivity contribution is 6.35. The van der Waals surface area contributed by atoms with Gasteiger partial charge in [0, 0.05) is 39.0 Å². The van der Waals surface area contributed by atoms with E-state index in [1.54, 1.807) is 7.11 Å². The van der Waals surface area contributed by atoms with E-state index in [1.165, 1.54) is 0 Å². The van der Waals surface area contributed by atoms with E-state index in [2.05, 4.69) is 21.5 Å². The summed E-state index contributed by atoms with van der Waals surface area (Å²) in [5, 5.41) is 0.736. The Labute approximate surface area is 135 Å². The molecule has 2 rings (SSSR count). The molecule has 0 saturated carbocycles. The van der Waals surface area contributed by atoms with Crippen LogP contribution in [0.4, 0.5) is 0 Å². The Kier molecular flexibility index (Phi) is 6.30. The lowest BCUT2D eigenvalue weighted by molar-refractivity contribution is 0.159. The molecule has 0 aliphatic heterocycles. The van der Waals surface area contributed by atoms with Crippen LogP contribution in [0.15, 0.2) is 18.2 Å². The van der Waals surface area contributed by atoms with Crippen molar-refractivity contribution in [3.63, 3.8) is 0 Å². The van der Waals surface area contributed by atoms with Crippen molar-refractivity contribution in [1.29, 1.82) is 0 Å². The lowest BCUT2D eigenvalue weighted by Gasteiger charge is -2.17. The summed E-state index contributed by atoms with van der Waals surface area (Å²) in [7, 11) is 3.80. The van der Waals surface area contributed by atoms with Crippen molar-refractivity contribution in [3.8, 4) is 0 Å². The van der Waals surface area contributed by atoms with E-state index in [4.69, 9.17) is 27.9 Å². The summed E-state index contributed by atoms with van der Waals surface area (Å²) >= 11 is 12.2. The molecule has 116 valence electrons. The fourth-order valence-electron chi connectivity index (χ4n) is 2.34. The van der Waals surface area contributed by atoms with E-state index >= 15 is 0 Å². The molecule has 4 nitrogen and oxygen atoms in total. The van der Waals surface area contributed by atoms with Crippen LogP contribution in [-0.4, -0.2) is 54.2 Å². The van der Waals surface area contributed by atoms with Gasteiger partial charge in [-0.2, -0.15) is 0 Å². The quantitative estimate of drug-likeness (QED) is 0.697. The van der Waals surface area contributed by atoms with Crippen molar-refractivity contribution in [2.45, 2.75) is 13.0 Å². The zero-order valence-electron chi connectivity index (χ0n) is 12.5. The van der Waals surface area contributed by atoms with E-state index in [-0.39, 0.29) is 0 Å². The molecule has 0 fully saturated rings. The molecule has 1 aromatic heterocycles. The number of hydrogen-bond donors (Lipinski definition) is 0. The van der Waals surface area contributed by atoms with Crippen LogP contribution >= 0.6 is 23.2 Å². The zero-order chi connectivity index (χ0) is 15.2. The van der Waals surface area contributed by atoms with Gasteiger partial charge in [0.25, 0.3) is 0 Å². The van der Waals surface area contributed by atoms with Crippen molar-refractivity contribution in [3.05, 3.63) is 29.0 Å². The molecule has 1 heterocycles. The third-order valence-electron chi connectivity index (χ3n) is 3.50. The molecule has 0 aliphatic rings. The minimum Gasteiger partial charge on any atom is -0.383 e. The largest absolute Gasteiger partial charge is 0.383 e. The second-order valence-corrected chi connectivity index (χ2v) is 5.81. The van der Waals surface area contributed by atoms with Gasteiger partial charge in [-0.05, 0) is 19.2 Å². The smallest absolute Gasteiger partial charge is 0.111 e. The average Bonchev–Trinajstić information content (AvgIpc) is 2.82. The molecule has 1 aromatic carbocycles. The number of ether oxygens (including phenoxy) is 1. The average molecular weight is 330 g/mol. The molecule has 6 heteroatoms. The molecule has 0 aliphatic carbocycles. The second kappa shape index (κ2) is 7.99. The first-order valence-corrected chi connectivity index (χ1v) is 7.95. The van der Waals surface area contributed by atoms with Crippen LogP contribution in [0.25, 0.3) is 11.0 Å². The number of nitrogens with zero attached hydrogens (tertiary/aromatic N) is 3. The summed E-state index contributed by atoms with van der Waals surface area (Å²) in [5.41, 5.74) is 1.93. The Balaban J connectivity index is 2.21. The maximum atomic E-state index is 6.35. The van der Waals surface area contributed by atoms with E-state index < -0.39 is 0 Å². The summed E-state index contributed by atoms with van der Waals surface area (Å²) in [6.45, 7) is 3.39. The molecule has 0 unspecified atom stereocenters. The Hall–Kier alpha value is -0.810. The lowest BCUT2D eigenvalue weighted by Crippen LogP contribution is -2.27. The van der Waals surface area contributed by atoms with E-state index in [1.807, 2.05) is 18.2 Å². The van der Waals surface area contributed by atoms with Crippen LogP contribution < -0.4 is 0 Å². The highest BCUT2D eigenvalue weighted by Gasteiger charge is 2.13. The predicted molar refractivity (Wildman–Crippen MR) is 88.5 cm³/mol. The molecule has 0 radical (unpaired) electrons. The Morgan fingerprint density at radius 2 is 2.14 bits per heavy atom. The third-order valence-corrected chi connectivity index (χ3v) is 3.99. The maximum absolute atomic E-state index is 6.35. The number of likely N-dealkylation sites (N-methyl/N-ethyl adjacent to an activating group) is 1. The van der Waals surface area contributed by atoms with Gasteiger partial charge in [0.1, 0.15) is 5.82 Å². The fourth-order valence-corrected chi connectivity index (χ4v) is 2.78. The van der Waals surface area contributed by atoms with Crippen LogP contribution in [0.2, 0.25) is 5.02 Å². The molecule has 0 spiro atoms. The van der Waals surface area contributed by atoms with Crippen LogP contribution in [0.5, 0.6) is 0 Å². The Morgan fingerprint density at radius 1 is 1.33 bits per heavy atom. The Morgan fingerprint density at radius 3 is 2.86 bits per heavy atom. The van der Waals surface area contributed by atoms with E-state index in [0.29, 0.717) is 5.88 Å². The number of imidazole rings is 1. The zero-order valence-corrected chi connectivity index (χ0v) is 14.0. The molecule has 2 aromatic rings.